The minimum atomic E-state index is -3.64. The number of nitrogens with zero attached hydrogens (tertiary/aromatic N) is 2. The first-order valence-corrected chi connectivity index (χ1v) is 7.34. The van der Waals surface area contributed by atoms with Gasteiger partial charge in [-0.2, -0.15) is 12.7 Å². The zero-order valence-corrected chi connectivity index (χ0v) is 11.9. The van der Waals surface area contributed by atoms with Crippen molar-refractivity contribution in [3.05, 3.63) is 30.1 Å². The van der Waals surface area contributed by atoms with Gasteiger partial charge in [0.2, 0.25) is 0 Å². The second kappa shape index (κ2) is 6.36. The average Bonchev–Trinajstić information content (AvgIpc) is 2.34. The van der Waals surface area contributed by atoms with E-state index in [1.165, 1.54) is 42.7 Å². The molecule has 1 aromatic rings. The molecule has 18 heavy (non-hydrogen) atoms. The molecule has 1 aromatic carbocycles. The van der Waals surface area contributed by atoms with Crippen LogP contribution in [-0.2, 0) is 10.2 Å². The number of benzene rings is 1. The number of hydrogen-bond acceptors (Lipinski definition) is 2. The molecule has 0 fully saturated rings. The molecule has 0 atom stereocenters. The van der Waals surface area contributed by atoms with Crippen LogP contribution >= 0.6 is 11.6 Å². The van der Waals surface area contributed by atoms with E-state index in [1.807, 2.05) is 0 Å². The SMILES string of the molecule is CN(CCCCl)S(=O)(=O)N(C)c1cccc(F)c1. The van der Waals surface area contributed by atoms with Crippen molar-refractivity contribution in [2.75, 3.05) is 30.8 Å². The number of halogens is 2. The lowest BCUT2D eigenvalue weighted by atomic mass is 10.3. The minimum absolute atomic E-state index is 0.285. The van der Waals surface area contributed by atoms with Crippen LogP contribution in [0.4, 0.5) is 10.1 Å². The van der Waals surface area contributed by atoms with Gasteiger partial charge in [0, 0.05) is 26.5 Å². The van der Waals surface area contributed by atoms with Gasteiger partial charge in [0.15, 0.2) is 0 Å². The van der Waals surface area contributed by atoms with E-state index in [4.69, 9.17) is 11.6 Å². The van der Waals surface area contributed by atoms with Crippen molar-refractivity contribution >= 4 is 27.5 Å². The summed E-state index contributed by atoms with van der Waals surface area (Å²) < 4.78 is 39.6. The van der Waals surface area contributed by atoms with Gasteiger partial charge in [-0.05, 0) is 24.6 Å². The van der Waals surface area contributed by atoms with Gasteiger partial charge in [-0.15, -0.1) is 11.6 Å². The molecular weight excluding hydrogens is 279 g/mol. The van der Waals surface area contributed by atoms with Crippen LogP contribution in [0.2, 0.25) is 0 Å². The Morgan fingerprint density at radius 2 is 2.00 bits per heavy atom. The molecule has 0 saturated carbocycles. The molecule has 0 bridgehead atoms. The fourth-order valence-electron chi connectivity index (χ4n) is 1.41. The van der Waals surface area contributed by atoms with Gasteiger partial charge in [0.05, 0.1) is 5.69 Å². The van der Waals surface area contributed by atoms with Crippen molar-refractivity contribution in [2.45, 2.75) is 6.42 Å². The van der Waals surface area contributed by atoms with Gasteiger partial charge in [-0.3, -0.25) is 4.31 Å². The van der Waals surface area contributed by atoms with Gasteiger partial charge in [-0.25, -0.2) is 4.39 Å². The molecule has 0 N–H and O–H groups in total. The van der Waals surface area contributed by atoms with E-state index in [0.29, 0.717) is 18.8 Å². The highest BCUT2D eigenvalue weighted by Crippen LogP contribution is 2.18. The predicted octanol–water partition coefficient (Wildman–Crippen LogP) is 2.07. The highest BCUT2D eigenvalue weighted by molar-refractivity contribution is 7.90. The Labute approximate surface area is 112 Å². The Hall–Kier alpha value is -0.850. The lowest BCUT2D eigenvalue weighted by Crippen LogP contribution is -2.40. The molecule has 1 rings (SSSR count). The summed E-state index contributed by atoms with van der Waals surface area (Å²) in [5, 5.41) is 0. The molecule has 0 radical (unpaired) electrons. The highest BCUT2D eigenvalue weighted by atomic mass is 35.5. The van der Waals surface area contributed by atoms with Crippen LogP contribution < -0.4 is 4.31 Å². The Bertz CT molecular complexity index is 496. The standard InChI is InChI=1S/C11H16ClFN2O2S/c1-14(8-4-7-12)18(16,17)15(2)11-6-3-5-10(13)9-11/h3,5-6,9H,4,7-8H2,1-2H3. The summed E-state index contributed by atoms with van der Waals surface area (Å²) in [6, 6.07) is 5.44. The molecule has 4 nitrogen and oxygen atoms in total. The van der Waals surface area contributed by atoms with Crippen molar-refractivity contribution in [3.8, 4) is 0 Å². The molecule has 0 aliphatic heterocycles. The summed E-state index contributed by atoms with van der Waals surface area (Å²) in [6.45, 7) is 0.325. The Balaban J connectivity index is 2.91. The molecule has 0 aliphatic rings. The fraction of sp³-hybridized carbons (Fsp3) is 0.455. The molecule has 0 amide bonds. The van der Waals surface area contributed by atoms with E-state index < -0.39 is 16.0 Å². The van der Waals surface area contributed by atoms with Crippen LogP contribution in [0.1, 0.15) is 6.42 Å². The highest BCUT2D eigenvalue weighted by Gasteiger charge is 2.23. The average molecular weight is 295 g/mol. The molecule has 102 valence electrons. The smallest absolute Gasteiger partial charge is 0.261 e. The predicted molar refractivity (Wildman–Crippen MR) is 71.7 cm³/mol. The van der Waals surface area contributed by atoms with E-state index in [2.05, 4.69) is 0 Å². The van der Waals surface area contributed by atoms with Gasteiger partial charge in [-0.1, -0.05) is 6.07 Å². The van der Waals surface area contributed by atoms with E-state index in [-0.39, 0.29) is 5.69 Å². The quantitative estimate of drug-likeness (QED) is 0.754. The summed E-state index contributed by atoms with van der Waals surface area (Å²) in [4.78, 5) is 0. The minimum Gasteiger partial charge on any atom is -0.261 e. The first-order valence-electron chi connectivity index (χ1n) is 5.41. The summed E-state index contributed by atoms with van der Waals surface area (Å²) in [7, 11) is -0.780. The van der Waals surface area contributed by atoms with Crippen LogP contribution in [0, 0.1) is 5.82 Å². The van der Waals surface area contributed by atoms with Gasteiger partial charge >= 0.3 is 10.2 Å². The van der Waals surface area contributed by atoms with Crippen molar-refractivity contribution in [1.82, 2.24) is 4.31 Å². The lowest BCUT2D eigenvalue weighted by Gasteiger charge is -2.25. The molecule has 0 aliphatic carbocycles. The summed E-state index contributed by atoms with van der Waals surface area (Å²) in [6.07, 6.45) is 0.564. The third kappa shape index (κ3) is 3.57. The fourth-order valence-corrected chi connectivity index (χ4v) is 2.69. The Kier molecular flexibility index (Phi) is 5.37. The number of hydrogen-bond donors (Lipinski definition) is 0. The van der Waals surface area contributed by atoms with Crippen LogP contribution in [0.15, 0.2) is 24.3 Å². The van der Waals surface area contributed by atoms with Crippen LogP contribution in [-0.4, -0.2) is 39.2 Å². The van der Waals surface area contributed by atoms with Crippen LogP contribution in [0.3, 0.4) is 0 Å². The van der Waals surface area contributed by atoms with Crippen LogP contribution in [0.5, 0.6) is 0 Å². The largest absolute Gasteiger partial charge is 0.303 e. The van der Waals surface area contributed by atoms with E-state index in [1.54, 1.807) is 0 Å². The maximum atomic E-state index is 13.1. The van der Waals surface area contributed by atoms with Crippen molar-refractivity contribution in [3.63, 3.8) is 0 Å². The molecule has 0 unspecified atom stereocenters. The first kappa shape index (κ1) is 15.2. The first-order chi connectivity index (χ1) is 8.39. The maximum Gasteiger partial charge on any atom is 0.303 e. The van der Waals surface area contributed by atoms with Crippen molar-refractivity contribution < 1.29 is 12.8 Å². The van der Waals surface area contributed by atoms with Gasteiger partial charge in [0.25, 0.3) is 0 Å². The maximum absolute atomic E-state index is 13.1. The number of alkyl halides is 1. The van der Waals surface area contributed by atoms with Gasteiger partial charge in [0.1, 0.15) is 5.82 Å². The topological polar surface area (TPSA) is 40.6 Å². The van der Waals surface area contributed by atoms with E-state index in [9.17, 15) is 12.8 Å². The Morgan fingerprint density at radius 3 is 2.56 bits per heavy atom. The third-order valence-corrected chi connectivity index (χ3v) is 4.66. The van der Waals surface area contributed by atoms with E-state index in [0.717, 1.165) is 4.31 Å². The van der Waals surface area contributed by atoms with E-state index >= 15 is 0 Å². The zero-order valence-electron chi connectivity index (χ0n) is 10.3. The molecular formula is C11H16ClFN2O2S. The second-order valence-electron chi connectivity index (χ2n) is 3.82. The summed E-state index contributed by atoms with van der Waals surface area (Å²) >= 11 is 5.53. The Morgan fingerprint density at radius 1 is 1.33 bits per heavy atom. The number of rotatable bonds is 6. The van der Waals surface area contributed by atoms with Crippen molar-refractivity contribution in [1.29, 1.82) is 0 Å². The monoisotopic (exact) mass is 294 g/mol. The zero-order chi connectivity index (χ0) is 13.8. The molecule has 0 saturated heterocycles. The third-order valence-electron chi connectivity index (χ3n) is 2.52. The number of anilines is 1. The van der Waals surface area contributed by atoms with Crippen molar-refractivity contribution in [2.24, 2.45) is 0 Å². The summed E-state index contributed by atoms with van der Waals surface area (Å²) in [5.74, 6) is -0.0817. The molecule has 0 heterocycles. The molecule has 0 spiro atoms. The normalized spacial score (nSPS) is 11.8. The lowest BCUT2D eigenvalue weighted by molar-refractivity contribution is 0.468. The summed E-state index contributed by atoms with van der Waals surface area (Å²) in [5.41, 5.74) is 0.285. The molecule has 7 heteroatoms. The van der Waals surface area contributed by atoms with Gasteiger partial charge < -0.3 is 0 Å². The van der Waals surface area contributed by atoms with Crippen LogP contribution in [0.25, 0.3) is 0 Å². The molecule has 0 aromatic heterocycles. The second-order valence-corrected chi connectivity index (χ2v) is 6.26.